The fraction of sp³-hybridized carbons (Fsp3) is 0.538. The van der Waals surface area contributed by atoms with E-state index in [0.717, 1.165) is 24.8 Å². The number of rotatable bonds is 3. The number of carbonyl (C=O) groups is 1. The van der Waals surface area contributed by atoms with Crippen molar-refractivity contribution in [2.24, 2.45) is 11.1 Å². The van der Waals surface area contributed by atoms with Crippen LogP contribution < -0.4 is 5.73 Å². The van der Waals surface area contributed by atoms with Crippen LogP contribution in [-0.2, 0) is 11.2 Å². The standard InChI is InChI=1S/C13H17ClN2O/c1-13(5-2-3-11(13)15)12(17)7-9-4-6-16-8-10(9)14/h4,6,8,11H,2-3,5,7,15H2,1H3. The van der Waals surface area contributed by atoms with Crippen molar-refractivity contribution in [3.8, 4) is 0 Å². The van der Waals surface area contributed by atoms with Gasteiger partial charge in [0, 0.05) is 30.3 Å². The van der Waals surface area contributed by atoms with Crippen LogP contribution in [0.2, 0.25) is 5.02 Å². The molecule has 1 saturated carbocycles. The van der Waals surface area contributed by atoms with E-state index in [1.54, 1.807) is 18.5 Å². The summed E-state index contributed by atoms with van der Waals surface area (Å²) in [5.41, 5.74) is 6.50. The van der Waals surface area contributed by atoms with Gasteiger partial charge >= 0.3 is 0 Å². The van der Waals surface area contributed by atoms with E-state index in [1.165, 1.54) is 0 Å². The van der Waals surface area contributed by atoms with Gasteiger partial charge in [-0.3, -0.25) is 9.78 Å². The molecule has 0 saturated heterocycles. The first-order valence-electron chi connectivity index (χ1n) is 5.91. The average molecular weight is 253 g/mol. The van der Waals surface area contributed by atoms with Crippen molar-refractivity contribution < 1.29 is 4.79 Å². The summed E-state index contributed by atoms with van der Waals surface area (Å²) >= 11 is 6.01. The monoisotopic (exact) mass is 252 g/mol. The van der Waals surface area contributed by atoms with E-state index in [4.69, 9.17) is 17.3 Å². The lowest BCUT2D eigenvalue weighted by Crippen LogP contribution is -2.41. The zero-order valence-corrected chi connectivity index (χ0v) is 10.7. The molecule has 1 aliphatic rings. The van der Waals surface area contributed by atoms with Crippen LogP contribution in [0, 0.1) is 5.41 Å². The highest BCUT2D eigenvalue weighted by molar-refractivity contribution is 6.31. The summed E-state index contributed by atoms with van der Waals surface area (Å²) in [6.07, 6.45) is 6.44. The van der Waals surface area contributed by atoms with Crippen LogP contribution in [0.4, 0.5) is 0 Å². The Hall–Kier alpha value is -0.930. The number of hydrogen-bond acceptors (Lipinski definition) is 3. The molecule has 0 radical (unpaired) electrons. The maximum Gasteiger partial charge on any atom is 0.144 e. The van der Waals surface area contributed by atoms with Gasteiger partial charge < -0.3 is 5.73 Å². The molecule has 1 fully saturated rings. The van der Waals surface area contributed by atoms with Crippen LogP contribution in [-0.4, -0.2) is 16.8 Å². The molecule has 1 aromatic heterocycles. The van der Waals surface area contributed by atoms with Gasteiger partial charge in [0.1, 0.15) is 5.78 Å². The number of nitrogens with zero attached hydrogens (tertiary/aromatic N) is 1. The van der Waals surface area contributed by atoms with Crippen LogP contribution in [0.15, 0.2) is 18.5 Å². The van der Waals surface area contributed by atoms with E-state index in [9.17, 15) is 4.79 Å². The number of carbonyl (C=O) groups excluding carboxylic acids is 1. The molecule has 0 amide bonds. The minimum absolute atomic E-state index is 0.0180. The molecule has 3 nitrogen and oxygen atoms in total. The molecule has 4 heteroatoms. The van der Waals surface area contributed by atoms with Gasteiger partial charge in [-0.25, -0.2) is 0 Å². The van der Waals surface area contributed by atoms with Gasteiger partial charge in [-0.2, -0.15) is 0 Å². The van der Waals surface area contributed by atoms with E-state index in [-0.39, 0.29) is 17.2 Å². The van der Waals surface area contributed by atoms with Gasteiger partial charge in [0.2, 0.25) is 0 Å². The largest absolute Gasteiger partial charge is 0.327 e. The maximum absolute atomic E-state index is 12.3. The van der Waals surface area contributed by atoms with Gasteiger partial charge in [0.25, 0.3) is 0 Å². The van der Waals surface area contributed by atoms with Crippen molar-refractivity contribution >= 4 is 17.4 Å². The van der Waals surface area contributed by atoms with E-state index >= 15 is 0 Å². The van der Waals surface area contributed by atoms with E-state index in [2.05, 4.69) is 4.98 Å². The molecular weight excluding hydrogens is 236 g/mol. The van der Waals surface area contributed by atoms with Gasteiger partial charge in [0.15, 0.2) is 0 Å². The lowest BCUT2D eigenvalue weighted by molar-refractivity contribution is -0.127. The predicted octanol–water partition coefficient (Wildman–Crippen LogP) is 2.36. The van der Waals surface area contributed by atoms with Crippen LogP contribution >= 0.6 is 11.6 Å². The van der Waals surface area contributed by atoms with Crippen molar-refractivity contribution in [2.75, 3.05) is 0 Å². The predicted molar refractivity (Wildman–Crippen MR) is 67.9 cm³/mol. The zero-order valence-electron chi connectivity index (χ0n) is 9.95. The molecule has 2 unspecified atom stereocenters. The quantitative estimate of drug-likeness (QED) is 0.899. The van der Waals surface area contributed by atoms with E-state index in [1.807, 2.05) is 6.92 Å². The molecule has 92 valence electrons. The third kappa shape index (κ3) is 2.35. The summed E-state index contributed by atoms with van der Waals surface area (Å²) in [5, 5.41) is 0.552. The second kappa shape index (κ2) is 4.75. The van der Waals surface area contributed by atoms with E-state index < -0.39 is 0 Å². The van der Waals surface area contributed by atoms with Crippen LogP contribution in [0.5, 0.6) is 0 Å². The second-order valence-electron chi connectivity index (χ2n) is 4.98. The van der Waals surface area contributed by atoms with Crippen molar-refractivity contribution in [2.45, 2.75) is 38.6 Å². The maximum atomic E-state index is 12.3. The highest BCUT2D eigenvalue weighted by atomic mass is 35.5. The Labute approximate surface area is 106 Å². The van der Waals surface area contributed by atoms with Gasteiger partial charge in [-0.05, 0) is 24.5 Å². The Bertz CT molecular complexity index is 435. The molecule has 2 N–H and O–H groups in total. The first-order chi connectivity index (χ1) is 8.04. The average Bonchev–Trinajstić information content (AvgIpc) is 2.64. The van der Waals surface area contributed by atoms with Gasteiger partial charge in [0.05, 0.1) is 5.02 Å². The molecule has 0 bridgehead atoms. The summed E-state index contributed by atoms with van der Waals surface area (Å²) in [6.45, 7) is 1.97. The summed E-state index contributed by atoms with van der Waals surface area (Å²) in [6, 6.07) is 1.78. The smallest absolute Gasteiger partial charge is 0.144 e. The number of hydrogen-bond donors (Lipinski definition) is 1. The fourth-order valence-corrected chi connectivity index (χ4v) is 2.65. The highest BCUT2D eigenvalue weighted by Crippen LogP contribution is 2.38. The number of halogens is 1. The third-order valence-electron chi connectivity index (χ3n) is 3.87. The molecule has 2 atom stereocenters. The number of Topliss-reactive ketones (excluding diaryl/α,β-unsaturated/α-hetero) is 1. The molecule has 1 heterocycles. The Morgan fingerprint density at radius 3 is 3.06 bits per heavy atom. The Morgan fingerprint density at radius 1 is 1.71 bits per heavy atom. The molecule has 0 aliphatic heterocycles. The van der Waals surface area contributed by atoms with Gasteiger partial charge in [-0.1, -0.05) is 24.9 Å². The molecular formula is C13H17ClN2O. The molecule has 1 aromatic rings. The number of pyridine rings is 1. The topological polar surface area (TPSA) is 56.0 Å². The van der Waals surface area contributed by atoms with E-state index in [0.29, 0.717) is 11.4 Å². The first kappa shape index (κ1) is 12.5. The summed E-state index contributed by atoms with van der Waals surface area (Å²) in [4.78, 5) is 16.3. The van der Waals surface area contributed by atoms with Crippen molar-refractivity contribution in [1.29, 1.82) is 0 Å². The Balaban J connectivity index is 2.15. The minimum Gasteiger partial charge on any atom is -0.327 e. The number of nitrogens with two attached hydrogens (primary N) is 1. The van der Waals surface area contributed by atoms with Crippen LogP contribution in [0.25, 0.3) is 0 Å². The SMILES string of the molecule is CC1(C(=O)Cc2ccncc2Cl)CCCC1N. The summed E-state index contributed by atoms with van der Waals surface area (Å²) in [7, 11) is 0. The van der Waals surface area contributed by atoms with Crippen LogP contribution in [0.1, 0.15) is 31.7 Å². The van der Waals surface area contributed by atoms with Crippen LogP contribution in [0.3, 0.4) is 0 Å². The summed E-state index contributed by atoms with van der Waals surface area (Å²) in [5.74, 6) is 0.190. The third-order valence-corrected chi connectivity index (χ3v) is 4.21. The fourth-order valence-electron chi connectivity index (χ4n) is 2.46. The number of ketones is 1. The minimum atomic E-state index is -0.382. The first-order valence-corrected chi connectivity index (χ1v) is 6.29. The van der Waals surface area contributed by atoms with Crippen molar-refractivity contribution in [1.82, 2.24) is 4.98 Å². The molecule has 1 aliphatic carbocycles. The van der Waals surface area contributed by atoms with Crippen molar-refractivity contribution in [3.05, 3.63) is 29.0 Å². The zero-order chi connectivity index (χ0) is 12.5. The lowest BCUT2D eigenvalue weighted by Gasteiger charge is -2.27. The molecule has 2 rings (SSSR count). The Kier molecular flexibility index (Phi) is 3.50. The number of aromatic nitrogens is 1. The molecule has 0 aromatic carbocycles. The van der Waals surface area contributed by atoms with Crippen molar-refractivity contribution in [3.63, 3.8) is 0 Å². The molecule has 17 heavy (non-hydrogen) atoms. The van der Waals surface area contributed by atoms with Gasteiger partial charge in [-0.15, -0.1) is 0 Å². The second-order valence-corrected chi connectivity index (χ2v) is 5.39. The molecule has 0 spiro atoms. The summed E-state index contributed by atoms with van der Waals surface area (Å²) < 4.78 is 0. The highest BCUT2D eigenvalue weighted by Gasteiger charge is 2.42. The normalized spacial score (nSPS) is 28.3. The lowest BCUT2D eigenvalue weighted by atomic mass is 9.78. The Morgan fingerprint density at radius 2 is 2.47 bits per heavy atom.